The number of rotatable bonds is 2. The minimum atomic E-state index is -0.849. The Labute approximate surface area is 130 Å². The number of hydrogen-bond acceptors (Lipinski definition) is 5. The van der Waals surface area contributed by atoms with E-state index in [4.69, 9.17) is 9.47 Å². The molecule has 0 aromatic rings. The number of hydrogen-bond donors (Lipinski definition) is 1. The predicted molar refractivity (Wildman–Crippen MR) is 78.1 cm³/mol. The largest absolute Gasteiger partial charge is 0.467 e. The molecule has 22 heavy (non-hydrogen) atoms. The molecule has 124 valence electrons. The normalized spacial score (nSPS) is 28.1. The molecule has 7 nitrogen and oxygen atoms in total. The van der Waals surface area contributed by atoms with E-state index in [0.717, 1.165) is 6.42 Å². The summed E-state index contributed by atoms with van der Waals surface area (Å²) in [5, 5.41) is 2.61. The third-order valence-corrected chi connectivity index (χ3v) is 4.16. The van der Waals surface area contributed by atoms with E-state index >= 15 is 0 Å². The molecule has 2 heterocycles. The molecular formula is C15H24N2O5. The molecule has 0 saturated carbocycles. The zero-order valence-corrected chi connectivity index (χ0v) is 13.6. The number of esters is 1. The number of methoxy groups -OCH3 is 1. The van der Waals surface area contributed by atoms with Gasteiger partial charge in [0.25, 0.3) is 0 Å². The second-order valence-electron chi connectivity index (χ2n) is 6.85. The molecule has 0 radical (unpaired) electrons. The first kappa shape index (κ1) is 16.6. The van der Waals surface area contributed by atoms with Gasteiger partial charge in [-0.25, -0.2) is 9.59 Å². The minimum Gasteiger partial charge on any atom is -0.467 e. The van der Waals surface area contributed by atoms with Gasteiger partial charge in [-0.05, 0) is 46.5 Å². The van der Waals surface area contributed by atoms with Crippen LogP contribution in [-0.2, 0) is 19.1 Å². The maximum atomic E-state index is 12.6. The average Bonchev–Trinajstić information content (AvgIpc) is 2.85. The molecule has 2 fully saturated rings. The lowest BCUT2D eigenvalue weighted by Crippen LogP contribution is -2.63. The van der Waals surface area contributed by atoms with Crippen LogP contribution < -0.4 is 5.32 Å². The third kappa shape index (κ3) is 3.03. The molecule has 0 bridgehead atoms. The zero-order valence-electron chi connectivity index (χ0n) is 13.6. The number of ether oxygens (including phenoxy) is 2. The molecule has 7 heteroatoms. The van der Waals surface area contributed by atoms with Gasteiger partial charge in [0.15, 0.2) is 0 Å². The molecule has 2 aliphatic heterocycles. The summed E-state index contributed by atoms with van der Waals surface area (Å²) in [4.78, 5) is 38.1. The number of fused-ring (bicyclic) bond motifs is 1. The van der Waals surface area contributed by atoms with Crippen LogP contribution in [0.5, 0.6) is 0 Å². The van der Waals surface area contributed by atoms with Gasteiger partial charge in [-0.2, -0.15) is 0 Å². The van der Waals surface area contributed by atoms with Gasteiger partial charge in [-0.3, -0.25) is 4.79 Å². The van der Waals surface area contributed by atoms with Crippen molar-refractivity contribution in [3.05, 3.63) is 0 Å². The van der Waals surface area contributed by atoms with Crippen molar-refractivity contribution in [1.82, 2.24) is 10.2 Å². The third-order valence-electron chi connectivity index (χ3n) is 4.16. The molecule has 2 rings (SSSR count). The Balaban J connectivity index is 2.07. The summed E-state index contributed by atoms with van der Waals surface area (Å²) in [6.07, 6.45) is 1.66. The summed E-state index contributed by atoms with van der Waals surface area (Å²) in [6, 6.07) is -0.647. The molecule has 2 atom stereocenters. The predicted octanol–water partition coefficient (Wildman–Crippen LogP) is 1.21. The lowest BCUT2D eigenvalue weighted by Gasteiger charge is -2.42. The van der Waals surface area contributed by atoms with Crippen molar-refractivity contribution in [2.24, 2.45) is 0 Å². The highest BCUT2D eigenvalue weighted by atomic mass is 16.6. The molecule has 2 unspecified atom stereocenters. The number of carbonyl (C=O) groups is 3. The van der Waals surface area contributed by atoms with Crippen LogP contribution in [0.4, 0.5) is 4.79 Å². The molecule has 2 saturated heterocycles. The fourth-order valence-corrected chi connectivity index (χ4v) is 3.24. The summed E-state index contributed by atoms with van der Waals surface area (Å²) < 4.78 is 10.1. The van der Waals surface area contributed by atoms with E-state index in [1.165, 1.54) is 7.11 Å². The first-order valence-electron chi connectivity index (χ1n) is 7.59. The highest BCUT2D eigenvalue weighted by Gasteiger charge is 2.55. The van der Waals surface area contributed by atoms with Crippen molar-refractivity contribution in [3.63, 3.8) is 0 Å². The van der Waals surface area contributed by atoms with Crippen LogP contribution in [0.1, 0.15) is 46.5 Å². The highest BCUT2D eigenvalue weighted by Crippen LogP contribution is 2.39. The quantitative estimate of drug-likeness (QED) is 0.775. The number of nitrogens with zero attached hydrogens (tertiary/aromatic N) is 1. The molecule has 0 aromatic carbocycles. The van der Waals surface area contributed by atoms with Crippen LogP contribution in [0.25, 0.3) is 0 Å². The summed E-state index contributed by atoms with van der Waals surface area (Å²) in [7, 11) is 1.34. The lowest BCUT2D eigenvalue weighted by atomic mass is 9.84. The first-order valence-corrected chi connectivity index (χ1v) is 7.59. The molecular weight excluding hydrogens is 288 g/mol. The zero-order chi connectivity index (χ0) is 16.5. The Hall–Kier alpha value is -1.79. The monoisotopic (exact) mass is 312 g/mol. The second-order valence-corrected chi connectivity index (χ2v) is 6.85. The molecule has 2 amide bonds. The van der Waals surface area contributed by atoms with Crippen molar-refractivity contribution in [2.75, 3.05) is 13.7 Å². The molecule has 1 N–H and O–H groups in total. The van der Waals surface area contributed by atoms with Crippen LogP contribution in [0.3, 0.4) is 0 Å². The van der Waals surface area contributed by atoms with Gasteiger partial charge >= 0.3 is 12.1 Å². The fraction of sp³-hybridized carbons (Fsp3) is 0.800. The lowest BCUT2D eigenvalue weighted by molar-refractivity contribution is -0.164. The summed E-state index contributed by atoms with van der Waals surface area (Å²) in [6.45, 7) is 5.80. The molecule has 0 aliphatic carbocycles. The molecule has 0 spiro atoms. The van der Waals surface area contributed by atoms with E-state index in [1.807, 2.05) is 0 Å². The van der Waals surface area contributed by atoms with E-state index in [0.29, 0.717) is 25.8 Å². The van der Waals surface area contributed by atoms with Crippen molar-refractivity contribution in [3.8, 4) is 0 Å². The van der Waals surface area contributed by atoms with Gasteiger partial charge < -0.3 is 19.7 Å². The number of piperidine rings is 1. The highest BCUT2D eigenvalue weighted by molar-refractivity contribution is 5.94. The SMILES string of the molecule is COC(=O)C12CCCN1C(=O)C(NC(=O)OC(C)(C)C)CC2. The van der Waals surface area contributed by atoms with E-state index in [1.54, 1.807) is 25.7 Å². The van der Waals surface area contributed by atoms with Gasteiger partial charge in [0.2, 0.25) is 5.91 Å². The van der Waals surface area contributed by atoms with Gasteiger partial charge in [0.1, 0.15) is 17.2 Å². The average molecular weight is 312 g/mol. The Morgan fingerprint density at radius 2 is 2.00 bits per heavy atom. The Morgan fingerprint density at radius 3 is 2.59 bits per heavy atom. The van der Waals surface area contributed by atoms with Crippen molar-refractivity contribution in [2.45, 2.75) is 63.6 Å². The van der Waals surface area contributed by atoms with Gasteiger partial charge in [-0.1, -0.05) is 0 Å². The van der Waals surface area contributed by atoms with Crippen molar-refractivity contribution in [1.29, 1.82) is 0 Å². The van der Waals surface area contributed by atoms with E-state index < -0.39 is 23.3 Å². The number of nitrogens with one attached hydrogen (secondary N) is 1. The first-order chi connectivity index (χ1) is 10.2. The Bertz CT molecular complexity index is 485. The van der Waals surface area contributed by atoms with Crippen LogP contribution in [0.15, 0.2) is 0 Å². The maximum Gasteiger partial charge on any atom is 0.408 e. The molecule has 2 aliphatic rings. The second kappa shape index (κ2) is 5.78. The van der Waals surface area contributed by atoms with E-state index in [2.05, 4.69) is 5.32 Å². The van der Waals surface area contributed by atoms with Crippen LogP contribution in [0, 0.1) is 0 Å². The Morgan fingerprint density at radius 1 is 1.32 bits per heavy atom. The smallest absolute Gasteiger partial charge is 0.408 e. The summed E-state index contributed by atoms with van der Waals surface area (Å²) in [5.74, 6) is -0.603. The summed E-state index contributed by atoms with van der Waals surface area (Å²) >= 11 is 0. The number of carbonyl (C=O) groups excluding carboxylic acids is 3. The minimum absolute atomic E-state index is 0.236. The van der Waals surface area contributed by atoms with Crippen molar-refractivity contribution < 1.29 is 23.9 Å². The fourth-order valence-electron chi connectivity index (χ4n) is 3.24. The summed E-state index contributed by atoms with van der Waals surface area (Å²) in [5.41, 5.74) is -1.47. The number of alkyl carbamates (subject to hydrolysis) is 1. The topological polar surface area (TPSA) is 84.9 Å². The van der Waals surface area contributed by atoms with Gasteiger partial charge in [0.05, 0.1) is 7.11 Å². The number of amides is 2. The van der Waals surface area contributed by atoms with Crippen molar-refractivity contribution >= 4 is 18.0 Å². The molecule has 0 aromatic heterocycles. The van der Waals surface area contributed by atoms with Gasteiger partial charge in [-0.15, -0.1) is 0 Å². The van der Waals surface area contributed by atoms with E-state index in [9.17, 15) is 14.4 Å². The van der Waals surface area contributed by atoms with Gasteiger partial charge in [0, 0.05) is 6.54 Å². The van der Waals surface area contributed by atoms with Crippen LogP contribution in [0.2, 0.25) is 0 Å². The maximum absolute atomic E-state index is 12.6. The van der Waals surface area contributed by atoms with E-state index in [-0.39, 0.29) is 11.9 Å². The standard InChI is InChI=1S/C15H24N2O5/c1-14(2,3)22-13(20)16-10-6-8-15(12(19)21-4)7-5-9-17(15)11(10)18/h10H,5-9H2,1-4H3,(H,16,20). The van der Waals surface area contributed by atoms with Crippen LogP contribution in [-0.4, -0.2) is 53.7 Å². The Kier molecular flexibility index (Phi) is 4.35. The van der Waals surface area contributed by atoms with Crippen LogP contribution >= 0.6 is 0 Å².